The molecule has 482 valence electrons. The number of aromatic amines is 2. The number of aliphatic hydroxyl groups excluding tert-OH is 1. The lowest BCUT2D eigenvalue weighted by atomic mass is 9.86. The molecule has 26 heteroatoms. The highest BCUT2D eigenvalue weighted by atomic mass is 32.2. The molecule has 2 aliphatic rings. The fourth-order valence-corrected chi connectivity index (χ4v) is 11.3. The molecular formula is C62H83F3N6O15SSi. The van der Waals surface area contributed by atoms with Crippen molar-refractivity contribution in [1.82, 2.24) is 14.5 Å². The largest absolute Gasteiger partial charge is 0.416 e. The van der Waals surface area contributed by atoms with Gasteiger partial charge in [-0.3, -0.25) is 34.5 Å². The molecule has 0 spiro atoms. The van der Waals surface area contributed by atoms with Crippen molar-refractivity contribution in [3.05, 3.63) is 149 Å². The molecule has 0 unspecified atom stereocenters. The fraction of sp³-hybridized carbons (Fsp3) is 0.516. The van der Waals surface area contributed by atoms with Crippen molar-refractivity contribution in [2.75, 3.05) is 33.0 Å². The maximum Gasteiger partial charge on any atom is 0.305 e. The summed E-state index contributed by atoms with van der Waals surface area (Å²) in [6.45, 7) is 35.6. The fourth-order valence-electron chi connectivity index (χ4n) is 9.23. The van der Waals surface area contributed by atoms with Crippen LogP contribution in [-0.2, 0) is 60.5 Å². The first-order chi connectivity index (χ1) is 40.4. The van der Waals surface area contributed by atoms with Crippen LogP contribution in [0.4, 0.5) is 30.2 Å². The average molecular weight is 1270 g/mol. The zero-order valence-corrected chi connectivity index (χ0v) is 54.9. The maximum absolute atomic E-state index is 14.2. The van der Waals surface area contributed by atoms with Crippen LogP contribution in [0.3, 0.4) is 0 Å². The Morgan fingerprint density at radius 1 is 0.670 bits per heavy atom. The lowest BCUT2D eigenvalue weighted by Gasteiger charge is -2.38. The van der Waals surface area contributed by atoms with Crippen molar-refractivity contribution in [3.63, 3.8) is 0 Å². The first-order valence-corrected chi connectivity index (χ1v) is 33.0. The second kappa shape index (κ2) is 26.4. The number of aliphatic hydroxyl groups is 1. The summed E-state index contributed by atoms with van der Waals surface area (Å²) in [6, 6.07) is 19.3. The number of fused-ring (bicyclic) bond motifs is 3. The van der Waals surface area contributed by atoms with Gasteiger partial charge in [-0.15, -0.1) is 0 Å². The molecule has 2 aliphatic heterocycles. The Hall–Kier alpha value is -6.62. The molecular weight excluding hydrogens is 1190 g/mol. The Balaban J connectivity index is 0.000000189. The van der Waals surface area contributed by atoms with Crippen LogP contribution >= 0.6 is 0 Å². The van der Waals surface area contributed by atoms with E-state index in [9.17, 15) is 57.0 Å². The molecule has 3 aromatic heterocycles. The van der Waals surface area contributed by atoms with E-state index in [1.54, 1.807) is 32.0 Å². The Bertz CT molecular complexity index is 3800. The highest BCUT2D eigenvalue weighted by Gasteiger charge is 2.40. The number of nitro benzene ring substituents is 3. The van der Waals surface area contributed by atoms with Gasteiger partial charge < -0.3 is 43.0 Å². The molecule has 7 aromatic rings. The summed E-state index contributed by atoms with van der Waals surface area (Å²) in [7, 11) is -5.62. The van der Waals surface area contributed by atoms with Gasteiger partial charge in [0.25, 0.3) is 10.1 Å². The van der Waals surface area contributed by atoms with Gasteiger partial charge in [-0.1, -0.05) is 86.9 Å². The minimum atomic E-state index is -3.74. The second-order valence-electron chi connectivity index (χ2n) is 26.6. The van der Waals surface area contributed by atoms with Crippen molar-refractivity contribution < 1.29 is 69.0 Å². The van der Waals surface area contributed by atoms with Crippen LogP contribution < -0.4 is 0 Å². The van der Waals surface area contributed by atoms with Crippen LogP contribution in [0.1, 0.15) is 126 Å². The molecule has 21 nitrogen and oxygen atoms in total. The molecule has 0 amide bonds. The smallest absolute Gasteiger partial charge is 0.305 e. The molecule has 88 heavy (non-hydrogen) atoms. The summed E-state index contributed by atoms with van der Waals surface area (Å²) >= 11 is 0. The van der Waals surface area contributed by atoms with Gasteiger partial charge in [0.2, 0.25) is 17.5 Å². The van der Waals surface area contributed by atoms with Crippen molar-refractivity contribution >= 4 is 68.2 Å². The average Bonchev–Trinajstić information content (AvgIpc) is 2.03. The first-order valence-electron chi connectivity index (χ1n) is 28.7. The number of rotatable bonds is 17. The summed E-state index contributed by atoms with van der Waals surface area (Å²) < 4.78 is 101. The summed E-state index contributed by atoms with van der Waals surface area (Å²) in [5, 5.41) is 44.4. The molecule has 2 saturated heterocycles. The molecule has 4 aromatic carbocycles. The zero-order chi connectivity index (χ0) is 66.1. The number of halogens is 3. The van der Waals surface area contributed by atoms with Gasteiger partial charge >= 0.3 is 17.1 Å². The highest BCUT2D eigenvalue weighted by molar-refractivity contribution is 7.86. The molecule has 0 aliphatic carbocycles. The van der Waals surface area contributed by atoms with Crippen molar-refractivity contribution in [1.29, 1.82) is 0 Å². The van der Waals surface area contributed by atoms with Crippen molar-refractivity contribution in [2.45, 2.75) is 180 Å². The van der Waals surface area contributed by atoms with E-state index in [2.05, 4.69) is 78.5 Å². The number of aryl methyl sites for hydroxylation is 1. The molecule has 2 fully saturated rings. The van der Waals surface area contributed by atoms with Crippen molar-refractivity contribution in [3.8, 4) is 0 Å². The van der Waals surface area contributed by atoms with E-state index in [1.165, 1.54) is 48.5 Å². The number of hydrogen-bond acceptors (Lipinski definition) is 15. The summed E-state index contributed by atoms with van der Waals surface area (Å²) in [5.74, 6) is -3.90. The maximum atomic E-state index is 14.2. The molecule has 3 N–H and O–H groups in total. The van der Waals surface area contributed by atoms with E-state index < -0.39 is 84.7 Å². The molecule has 0 radical (unpaired) electrons. The molecule has 0 saturated carbocycles. The number of aromatic nitrogens is 3. The second-order valence-corrected chi connectivity index (χ2v) is 33.0. The Morgan fingerprint density at radius 2 is 1.11 bits per heavy atom. The monoisotopic (exact) mass is 1270 g/mol. The number of nitro groups is 3. The summed E-state index contributed by atoms with van der Waals surface area (Å²) in [6.07, 6.45) is 0.312. The number of H-pyrrole nitrogens is 2. The lowest BCUT2D eigenvalue weighted by Crippen LogP contribution is -2.44. The first kappa shape index (κ1) is 70.5. The predicted octanol–water partition coefficient (Wildman–Crippen LogP) is 14.4. The van der Waals surface area contributed by atoms with E-state index in [0.29, 0.717) is 59.1 Å². The van der Waals surface area contributed by atoms with Gasteiger partial charge in [0.15, 0.2) is 19.9 Å². The van der Waals surface area contributed by atoms with Gasteiger partial charge in [0.05, 0.1) is 58.2 Å². The van der Waals surface area contributed by atoms with Gasteiger partial charge in [0, 0.05) is 104 Å². The number of hydrogen-bond donors (Lipinski definition) is 3. The van der Waals surface area contributed by atoms with Crippen LogP contribution in [0.2, 0.25) is 18.1 Å². The van der Waals surface area contributed by atoms with E-state index in [0.717, 1.165) is 29.1 Å². The number of nitrogens with one attached hydrogen (secondary N) is 2. The minimum absolute atomic E-state index is 0.0420. The van der Waals surface area contributed by atoms with Gasteiger partial charge in [0.1, 0.15) is 12.2 Å². The third-order valence-corrected chi connectivity index (χ3v) is 22.0. The third-order valence-electron chi connectivity index (χ3n) is 16.2. The predicted molar refractivity (Wildman–Crippen MR) is 332 cm³/mol. The third kappa shape index (κ3) is 17.0. The summed E-state index contributed by atoms with van der Waals surface area (Å²) in [4.78, 5) is 37.0. The van der Waals surface area contributed by atoms with E-state index in [4.69, 9.17) is 27.6 Å². The SMILES string of the molecule is CC(C)(CO[Si](C)(C)C(C)(C)C)c1cc2cc([N+](=O)[O-])c(F)cc2[nH]1.CC1(C)OC[C@@H](Cn2c(C(C)(C)CO)cc3cc([N+](=O)[O-])c(F)cc32)O1.CCC(C)(C)c1cc2cc([N+](=O)[O-])c(F)cc2[nH]1.Cc1ccc(S(=O)(=O)OC[C@@H]2COC(C)(C)O2)cc1. The van der Waals surface area contributed by atoms with Crippen LogP contribution in [0, 0.1) is 54.7 Å². The zero-order valence-electron chi connectivity index (χ0n) is 53.1. The standard InChI is InChI=1S/C18H23FN2O5.C18H27FN2O3Si.C13H15FN2O2.C13H18O5S/c1-17(2,10-22)16-6-11-5-15(21(23)24)13(19)7-14(11)20(16)8-12-9-25-18(3,4)26-12;1-17(2,3)25(6,7)24-11-18(4,5)16-9-12-8-15(21(22)23)13(19)10-14(12)20-16;1-4-13(2,3)12-6-8-5-11(16(17)18)9(14)7-10(8)15-12;1-10-4-6-12(7-5-10)19(14,15)17-9-11-8-16-13(2,3)18-11/h5-7,12,22H,8-10H2,1-4H3;8-10,20H,11H2,1-7H3;5-7,15H,4H2,1-3H3;4-7,11H,8-9H2,1-3H3/t12-;;;11-/m1..0/s1. The van der Waals surface area contributed by atoms with Crippen LogP contribution in [0.15, 0.2) is 83.8 Å². The van der Waals surface area contributed by atoms with Crippen LogP contribution in [-0.4, -0.2) is 108 Å². The van der Waals surface area contributed by atoms with Gasteiger partial charge in [-0.2, -0.15) is 21.6 Å². The molecule has 9 rings (SSSR count). The van der Waals surface area contributed by atoms with Crippen LogP contribution in [0.5, 0.6) is 0 Å². The number of benzene rings is 4. The van der Waals surface area contributed by atoms with Crippen molar-refractivity contribution in [2.24, 2.45) is 0 Å². The molecule has 2 atom stereocenters. The van der Waals surface area contributed by atoms with Crippen LogP contribution in [0.25, 0.3) is 32.7 Å². The van der Waals surface area contributed by atoms with E-state index in [-0.39, 0.29) is 46.2 Å². The Labute approximate surface area is 511 Å². The highest BCUT2D eigenvalue weighted by Crippen LogP contribution is 2.40. The summed E-state index contributed by atoms with van der Waals surface area (Å²) in [5.41, 5.74) is 2.70. The lowest BCUT2D eigenvalue weighted by molar-refractivity contribution is -0.387. The quantitative estimate of drug-likeness (QED) is 0.0331. The number of ether oxygens (including phenoxy) is 4. The minimum Gasteiger partial charge on any atom is -0.416 e. The van der Waals surface area contributed by atoms with Gasteiger partial charge in [-0.05, 0) is 89.5 Å². The topological polar surface area (TPSA) is 276 Å². The Morgan fingerprint density at radius 3 is 1.53 bits per heavy atom. The molecule has 0 bridgehead atoms. The molecule has 5 heterocycles. The normalized spacial score (nSPS) is 17.1. The van der Waals surface area contributed by atoms with E-state index in [1.807, 2.05) is 51.3 Å². The van der Waals surface area contributed by atoms with E-state index >= 15 is 0 Å². The Kier molecular flexibility index (Phi) is 21.2. The number of nitrogens with zero attached hydrogens (tertiary/aromatic N) is 4. The van der Waals surface area contributed by atoms with Gasteiger partial charge in [-0.25, -0.2) is 0 Å².